The molecule has 1 aromatic carbocycles. The molecule has 0 aliphatic heterocycles. The van der Waals surface area contributed by atoms with E-state index in [1.807, 2.05) is 0 Å². The highest BCUT2D eigenvalue weighted by molar-refractivity contribution is 9.10. The summed E-state index contributed by atoms with van der Waals surface area (Å²) in [6, 6.07) is 4.57. The lowest BCUT2D eigenvalue weighted by atomic mass is 10.4. The molecule has 0 aliphatic rings. The Morgan fingerprint density at radius 1 is 1.40 bits per heavy atom. The molecule has 0 aliphatic carbocycles. The minimum atomic E-state index is -3.56. The van der Waals surface area contributed by atoms with E-state index in [9.17, 15) is 8.42 Å². The molecule has 1 rings (SSSR count). The highest BCUT2D eigenvalue weighted by Crippen LogP contribution is 2.24. The SMILES string of the molecule is O=S(=O)(NCCCl)c1ccc(Br)cc1Cl. The summed E-state index contributed by atoms with van der Waals surface area (Å²) in [5.74, 6) is 0.216. The minimum absolute atomic E-state index is 0.0532. The summed E-state index contributed by atoms with van der Waals surface area (Å²) in [5.41, 5.74) is 0. The fourth-order valence-corrected chi connectivity index (χ4v) is 3.22. The lowest BCUT2D eigenvalue weighted by Crippen LogP contribution is -2.25. The van der Waals surface area contributed by atoms with Gasteiger partial charge in [-0.2, -0.15) is 0 Å². The zero-order valence-electron chi connectivity index (χ0n) is 7.50. The molecule has 0 saturated heterocycles. The second-order valence-corrected chi connectivity index (χ2v) is 6.10. The topological polar surface area (TPSA) is 46.2 Å². The van der Waals surface area contributed by atoms with Crippen LogP contribution in [0.1, 0.15) is 0 Å². The van der Waals surface area contributed by atoms with Crippen molar-refractivity contribution in [2.45, 2.75) is 4.90 Å². The molecule has 0 saturated carbocycles. The van der Waals surface area contributed by atoms with Crippen molar-refractivity contribution >= 4 is 49.2 Å². The summed E-state index contributed by atoms with van der Waals surface area (Å²) < 4.78 is 26.4. The summed E-state index contributed by atoms with van der Waals surface area (Å²) in [6.45, 7) is 0.177. The van der Waals surface area contributed by atoms with Crippen molar-refractivity contribution in [2.75, 3.05) is 12.4 Å². The third-order valence-corrected chi connectivity index (χ3v) is 4.20. The third kappa shape index (κ3) is 3.60. The maximum Gasteiger partial charge on any atom is 0.242 e. The molecule has 0 fully saturated rings. The Morgan fingerprint density at radius 3 is 2.60 bits per heavy atom. The molecule has 7 heteroatoms. The molecule has 0 radical (unpaired) electrons. The van der Waals surface area contributed by atoms with Gasteiger partial charge in [0, 0.05) is 16.9 Å². The Labute approximate surface area is 107 Å². The minimum Gasteiger partial charge on any atom is -0.210 e. The molecule has 0 amide bonds. The van der Waals surface area contributed by atoms with E-state index in [4.69, 9.17) is 23.2 Å². The first-order chi connectivity index (χ1) is 6.97. The van der Waals surface area contributed by atoms with E-state index in [2.05, 4.69) is 20.7 Å². The van der Waals surface area contributed by atoms with Crippen LogP contribution in [0.4, 0.5) is 0 Å². The van der Waals surface area contributed by atoms with Gasteiger partial charge in [0.1, 0.15) is 4.90 Å². The smallest absolute Gasteiger partial charge is 0.210 e. The first kappa shape index (κ1) is 13.3. The van der Waals surface area contributed by atoms with Crippen molar-refractivity contribution in [3.8, 4) is 0 Å². The molecular weight excluding hydrogens is 325 g/mol. The fraction of sp³-hybridized carbons (Fsp3) is 0.250. The molecule has 15 heavy (non-hydrogen) atoms. The summed E-state index contributed by atoms with van der Waals surface area (Å²) in [7, 11) is -3.56. The molecular formula is C8H8BrCl2NO2S. The fourth-order valence-electron chi connectivity index (χ4n) is 0.944. The number of halogens is 3. The molecule has 0 unspecified atom stereocenters. The number of nitrogens with one attached hydrogen (secondary N) is 1. The number of alkyl halides is 1. The van der Waals surface area contributed by atoms with Gasteiger partial charge >= 0.3 is 0 Å². The lowest BCUT2D eigenvalue weighted by molar-refractivity contribution is 0.584. The monoisotopic (exact) mass is 331 g/mol. The Bertz CT molecular complexity index is 450. The van der Waals surface area contributed by atoms with Gasteiger partial charge in [0.25, 0.3) is 0 Å². The van der Waals surface area contributed by atoms with Crippen molar-refractivity contribution in [3.63, 3.8) is 0 Å². The maximum atomic E-state index is 11.7. The van der Waals surface area contributed by atoms with Crippen LogP contribution in [-0.4, -0.2) is 20.8 Å². The van der Waals surface area contributed by atoms with E-state index in [-0.39, 0.29) is 22.3 Å². The van der Waals surface area contributed by atoms with Crippen molar-refractivity contribution in [2.24, 2.45) is 0 Å². The van der Waals surface area contributed by atoms with Crippen LogP contribution in [0.25, 0.3) is 0 Å². The molecule has 1 N–H and O–H groups in total. The number of sulfonamides is 1. The van der Waals surface area contributed by atoms with Gasteiger partial charge in [-0.3, -0.25) is 0 Å². The van der Waals surface area contributed by atoms with E-state index in [0.29, 0.717) is 0 Å². The molecule has 0 spiro atoms. The maximum absolute atomic E-state index is 11.7. The second kappa shape index (κ2) is 5.50. The first-order valence-electron chi connectivity index (χ1n) is 3.98. The lowest BCUT2D eigenvalue weighted by Gasteiger charge is -2.06. The highest BCUT2D eigenvalue weighted by Gasteiger charge is 2.16. The zero-order valence-corrected chi connectivity index (χ0v) is 11.4. The number of hydrogen-bond donors (Lipinski definition) is 1. The van der Waals surface area contributed by atoms with E-state index in [1.54, 1.807) is 6.07 Å². The number of benzene rings is 1. The van der Waals surface area contributed by atoms with Crippen LogP contribution in [0.15, 0.2) is 27.6 Å². The van der Waals surface area contributed by atoms with Gasteiger partial charge in [-0.1, -0.05) is 27.5 Å². The van der Waals surface area contributed by atoms with Crippen molar-refractivity contribution in [1.29, 1.82) is 0 Å². The van der Waals surface area contributed by atoms with Crippen LogP contribution in [0.2, 0.25) is 5.02 Å². The second-order valence-electron chi connectivity index (χ2n) is 2.66. The molecule has 0 atom stereocenters. The van der Waals surface area contributed by atoms with Crippen LogP contribution in [-0.2, 0) is 10.0 Å². The first-order valence-corrected chi connectivity index (χ1v) is 7.17. The standard InChI is InChI=1S/C8H8BrCl2NO2S/c9-6-1-2-8(7(11)5-6)15(13,14)12-4-3-10/h1-2,5,12H,3-4H2. The van der Waals surface area contributed by atoms with Crippen molar-refractivity contribution in [1.82, 2.24) is 4.72 Å². The van der Waals surface area contributed by atoms with Gasteiger partial charge in [0.2, 0.25) is 10.0 Å². The Balaban J connectivity index is 3.05. The van der Waals surface area contributed by atoms with E-state index in [1.165, 1.54) is 12.1 Å². The van der Waals surface area contributed by atoms with Crippen molar-refractivity contribution < 1.29 is 8.42 Å². The average molecular weight is 333 g/mol. The molecule has 0 aromatic heterocycles. The Morgan fingerprint density at radius 2 is 2.07 bits per heavy atom. The van der Waals surface area contributed by atoms with E-state index < -0.39 is 10.0 Å². The van der Waals surface area contributed by atoms with Gasteiger partial charge in [-0.05, 0) is 18.2 Å². The van der Waals surface area contributed by atoms with Crippen molar-refractivity contribution in [3.05, 3.63) is 27.7 Å². The summed E-state index contributed by atoms with van der Waals surface area (Å²) in [5, 5.41) is 0.173. The molecule has 1 aromatic rings. The Hall–Kier alpha value is 0.190. The summed E-state index contributed by atoms with van der Waals surface area (Å²) in [4.78, 5) is 0.0532. The summed E-state index contributed by atoms with van der Waals surface area (Å²) >= 11 is 14.4. The predicted octanol–water partition coefficient (Wildman–Crippen LogP) is 2.62. The van der Waals surface area contributed by atoms with E-state index >= 15 is 0 Å². The van der Waals surface area contributed by atoms with Gasteiger partial charge in [-0.15, -0.1) is 11.6 Å². The molecule has 0 heterocycles. The number of rotatable bonds is 4. The quantitative estimate of drug-likeness (QED) is 0.861. The van der Waals surface area contributed by atoms with Gasteiger partial charge in [0.15, 0.2) is 0 Å². The van der Waals surface area contributed by atoms with Gasteiger partial charge in [-0.25, -0.2) is 13.1 Å². The molecule has 0 bridgehead atoms. The van der Waals surface area contributed by atoms with Crippen LogP contribution in [0, 0.1) is 0 Å². The van der Waals surface area contributed by atoms with Crippen LogP contribution >= 0.6 is 39.1 Å². The normalized spacial score (nSPS) is 11.7. The average Bonchev–Trinajstić information content (AvgIpc) is 2.14. The predicted molar refractivity (Wildman–Crippen MR) is 65.1 cm³/mol. The van der Waals surface area contributed by atoms with Crippen LogP contribution < -0.4 is 4.72 Å². The molecule has 3 nitrogen and oxygen atoms in total. The molecule has 84 valence electrons. The zero-order chi connectivity index (χ0) is 11.5. The number of hydrogen-bond acceptors (Lipinski definition) is 2. The van der Waals surface area contributed by atoms with Crippen LogP contribution in [0.5, 0.6) is 0 Å². The highest BCUT2D eigenvalue weighted by atomic mass is 79.9. The van der Waals surface area contributed by atoms with E-state index in [0.717, 1.165) is 4.47 Å². The van der Waals surface area contributed by atoms with Gasteiger partial charge in [0.05, 0.1) is 5.02 Å². The van der Waals surface area contributed by atoms with Gasteiger partial charge < -0.3 is 0 Å². The Kier molecular flexibility index (Phi) is 4.86. The third-order valence-electron chi connectivity index (χ3n) is 1.57. The summed E-state index contributed by atoms with van der Waals surface area (Å²) in [6.07, 6.45) is 0. The largest absolute Gasteiger partial charge is 0.242 e. The van der Waals surface area contributed by atoms with Crippen LogP contribution in [0.3, 0.4) is 0 Å².